The third-order valence-corrected chi connectivity index (χ3v) is 2.96. The summed E-state index contributed by atoms with van der Waals surface area (Å²) in [6, 6.07) is 0.396. The van der Waals surface area contributed by atoms with Gasteiger partial charge in [-0.2, -0.15) is 0 Å². The average Bonchev–Trinajstić information content (AvgIpc) is 2.25. The molecule has 0 heterocycles. The summed E-state index contributed by atoms with van der Waals surface area (Å²) < 4.78 is 0. The lowest BCUT2D eigenvalue weighted by Crippen LogP contribution is -2.42. The molecule has 1 amide bonds. The molecule has 4 nitrogen and oxygen atoms in total. The number of hydrogen-bond donors (Lipinski definition) is 3. The Kier molecular flexibility index (Phi) is 5.77. The van der Waals surface area contributed by atoms with Gasteiger partial charge >= 0.3 is 0 Å². The zero-order chi connectivity index (χ0) is 12.0. The predicted molar refractivity (Wildman–Crippen MR) is 64.1 cm³/mol. The number of amides is 1. The molecule has 0 saturated heterocycles. The van der Waals surface area contributed by atoms with Crippen LogP contribution in [0, 0.1) is 5.92 Å². The zero-order valence-electron chi connectivity index (χ0n) is 10.3. The molecule has 0 aliphatic heterocycles. The molecule has 1 rings (SSSR count). The molecule has 0 atom stereocenters. The summed E-state index contributed by atoms with van der Waals surface area (Å²) in [5.74, 6) is 0.564. The molecule has 16 heavy (non-hydrogen) atoms. The Hall–Kier alpha value is -0.610. The van der Waals surface area contributed by atoms with E-state index in [9.17, 15) is 9.90 Å². The second kappa shape index (κ2) is 6.86. The highest BCUT2D eigenvalue weighted by molar-refractivity contribution is 5.77. The van der Waals surface area contributed by atoms with Crippen LogP contribution in [0.25, 0.3) is 0 Å². The molecule has 0 unspecified atom stereocenters. The number of aliphatic hydroxyl groups is 1. The molecule has 0 aromatic rings. The van der Waals surface area contributed by atoms with Gasteiger partial charge in [-0.15, -0.1) is 0 Å². The summed E-state index contributed by atoms with van der Waals surface area (Å²) >= 11 is 0. The maximum atomic E-state index is 11.4. The van der Waals surface area contributed by atoms with Gasteiger partial charge in [0.05, 0.1) is 12.6 Å². The van der Waals surface area contributed by atoms with Gasteiger partial charge < -0.3 is 15.7 Å². The van der Waals surface area contributed by atoms with E-state index in [4.69, 9.17) is 0 Å². The van der Waals surface area contributed by atoms with Gasteiger partial charge in [0.25, 0.3) is 0 Å². The first-order chi connectivity index (χ1) is 7.58. The van der Waals surface area contributed by atoms with Crippen LogP contribution < -0.4 is 10.6 Å². The first-order valence-corrected chi connectivity index (χ1v) is 6.26. The summed E-state index contributed by atoms with van der Waals surface area (Å²) in [5.41, 5.74) is 0. The molecule has 0 aromatic heterocycles. The summed E-state index contributed by atoms with van der Waals surface area (Å²) in [5, 5.41) is 15.5. The van der Waals surface area contributed by atoms with Gasteiger partial charge in [0.1, 0.15) is 0 Å². The molecule has 1 fully saturated rings. The number of carbonyl (C=O) groups is 1. The van der Waals surface area contributed by atoms with Gasteiger partial charge in [0, 0.05) is 12.6 Å². The average molecular weight is 228 g/mol. The van der Waals surface area contributed by atoms with Crippen LogP contribution in [-0.2, 0) is 4.79 Å². The minimum Gasteiger partial charge on any atom is -0.393 e. The zero-order valence-corrected chi connectivity index (χ0v) is 10.3. The van der Waals surface area contributed by atoms with Crippen molar-refractivity contribution in [3.05, 3.63) is 0 Å². The molecule has 0 spiro atoms. The Balaban J connectivity index is 2.07. The smallest absolute Gasteiger partial charge is 0.233 e. The summed E-state index contributed by atoms with van der Waals surface area (Å²) in [7, 11) is 0. The second-order valence-electron chi connectivity index (χ2n) is 5.08. The number of carbonyl (C=O) groups excluding carboxylic acids is 1. The molecule has 1 aliphatic rings. The second-order valence-corrected chi connectivity index (χ2v) is 5.08. The maximum Gasteiger partial charge on any atom is 0.233 e. The van der Waals surface area contributed by atoms with Crippen molar-refractivity contribution in [1.82, 2.24) is 10.6 Å². The maximum absolute atomic E-state index is 11.4. The predicted octanol–water partition coefficient (Wildman–Crippen LogP) is 0.652. The quantitative estimate of drug-likeness (QED) is 0.647. The lowest BCUT2D eigenvalue weighted by Gasteiger charge is -2.26. The molecule has 4 heteroatoms. The molecule has 0 radical (unpaired) electrons. The van der Waals surface area contributed by atoms with Crippen molar-refractivity contribution in [3.63, 3.8) is 0 Å². The molecule has 0 bridgehead atoms. The minimum absolute atomic E-state index is 0.0693. The number of hydrogen-bond acceptors (Lipinski definition) is 3. The molecule has 1 saturated carbocycles. The third kappa shape index (κ3) is 5.47. The number of aliphatic hydroxyl groups excluding tert-OH is 1. The molecule has 94 valence electrons. The number of rotatable bonds is 5. The van der Waals surface area contributed by atoms with Crippen LogP contribution in [0.1, 0.15) is 39.5 Å². The van der Waals surface area contributed by atoms with E-state index in [1.165, 1.54) is 0 Å². The van der Waals surface area contributed by atoms with Crippen LogP contribution in [-0.4, -0.2) is 36.2 Å². The van der Waals surface area contributed by atoms with Crippen molar-refractivity contribution in [1.29, 1.82) is 0 Å². The van der Waals surface area contributed by atoms with Crippen LogP contribution >= 0.6 is 0 Å². The highest BCUT2D eigenvalue weighted by Gasteiger charge is 2.19. The Morgan fingerprint density at radius 2 is 1.94 bits per heavy atom. The van der Waals surface area contributed by atoms with Crippen LogP contribution in [0.3, 0.4) is 0 Å². The Labute approximate surface area is 97.8 Å². The van der Waals surface area contributed by atoms with Crippen molar-refractivity contribution in [2.75, 3.05) is 13.1 Å². The summed E-state index contributed by atoms with van der Waals surface area (Å²) in [6.45, 7) is 5.30. The van der Waals surface area contributed by atoms with E-state index in [2.05, 4.69) is 24.5 Å². The normalized spacial score (nSPS) is 25.8. The molecule has 0 aromatic carbocycles. The highest BCUT2D eigenvalue weighted by atomic mass is 16.3. The molecule has 3 N–H and O–H groups in total. The van der Waals surface area contributed by atoms with E-state index in [1.807, 2.05) is 0 Å². The third-order valence-electron chi connectivity index (χ3n) is 2.96. The van der Waals surface area contributed by atoms with Crippen molar-refractivity contribution < 1.29 is 9.90 Å². The van der Waals surface area contributed by atoms with E-state index in [-0.39, 0.29) is 12.0 Å². The van der Waals surface area contributed by atoms with Crippen molar-refractivity contribution >= 4 is 5.91 Å². The first kappa shape index (κ1) is 13.5. The summed E-state index contributed by atoms with van der Waals surface area (Å²) in [4.78, 5) is 11.4. The van der Waals surface area contributed by atoms with E-state index >= 15 is 0 Å². The van der Waals surface area contributed by atoms with Crippen LogP contribution in [0.5, 0.6) is 0 Å². The Morgan fingerprint density at radius 3 is 2.50 bits per heavy atom. The van der Waals surface area contributed by atoms with Gasteiger partial charge in [-0.3, -0.25) is 4.79 Å². The lowest BCUT2D eigenvalue weighted by molar-refractivity contribution is -0.120. The van der Waals surface area contributed by atoms with E-state index in [1.54, 1.807) is 0 Å². The van der Waals surface area contributed by atoms with Gasteiger partial charge in [-0.1, -0.05) is 13.8 Å². The summed E-state index contributed by atoms with van der Waals surface area (Å²) in [6.07, 6.45) is 3.51. The Morgan fingerprint density at radius 1 is 1.31 bits per heavy atom. The molecular weight excluding hydrogens is 204 g/mol. The van der Waals surface area contributed by atoms with Gasteiger partial charge in [0.2, 0.25) is 5.91 Å². The fraction of sp³-hybridized carbons (Fsp3) is 0.917. The monoisotopic (exact) mass is 228 g/mol. The molecule has 1 aliphatic carbocycles. The van der Waals surface area contributed by atoms with Crippen LogP contribution in [0.4, 0.5) is 0 Å². The number of nitrogens with one attached hydrogen (secondary N) is 2. The van der Waals surface area contributed by atoms with Crippen molar-refractivity contribution in [2.45, 2.75) is 51.7 Å². The van der Waals surface area contributed by atoms with Crippen molar-refractivity contribution in [3.8, 4) is 0 Å². The van der Waals surface area contributed by atoms with E-state index in [0.29, 0.717) is 18.5 Å². The van der Waals surface area contributed by atoms with E-state index < -0.39 is 0 Å². The lowest BCUT2D eigenvalue weighted by atomic mass is 9.93. The van der Waals surface area contributed by atoms with Gasteiger partial charge in [-0.25, -0.2) is 0 Å². The standard InChI is InChI=1S/C12H24N2O2/c1-9(2)7-14-12(16)8-13-10-3-5-11(15)6-4-10/h9-11,13,15H,3-8H2,1-2H3,(H,14,16). The fourth-order valence-electron chi connectivity index (χ4n) is 1.90. The topological polar surface area (TPSA) is 61.4 Å². The van der Waals surface area contributed by atoms with Gasteiger partial charge in [-0.05, 0) is 31.6 Å². The minimum atomic E-state index is -0.132. The first-order valence-electron chi connectivity index (χ1n) is 6.26. The molecular formula is C12H24N2O2. The highest BCUT2D eigenvalue weighted by Crippen LogP contribution is 2.17. The fourth-order valence-corrected chi connectivity index (χ4v) is 1.90. The van der Waals surface area contributed by atoms with Gasteiger partial charge in [0.15, 0.2) is 0 Å². The van der Waals surface area contributed by atoms with Crippen molar-refractivity contribution in [2.24, 2.45) is 5.92 Å². The Bertz CT molecular complexity index is 211. The largest absolute Gasteiger partial charge is 0.393 e. The SMILES string of the molecule is CC(C)CNC(=O)CNC1CCC(O)CC1. The van der Waals surface area contributed by atoms with Crippen LogP contribution in [0.2, 0.25) is 0 Å². The van der Waals surface area contributed by atoms with Crippen LogP contribution in [0.15, 0.2) is 0 Å². The van der Waals surface area contributed by atoms with E-state index in [0.717, 1.165) is 32.2 Å².